The summed E-state index contributed by atoms with van der Waals surface area (Å²) in [5.41, 5.74) is 1.74. The normalized spacial score (nSPS) is 19.5. The van der Waals surface area contributed by atoms with Gasteiger partial charge in [0, 0.05) is 52.9 Å². The molecule has 12 nitrogen and oxygen atoms in total. The summed E-state index contributed by atoms with van der Waals surface area (Å²) in [5, 5.41) is 0.929. The Balaban J connectivity index is 1.13. The second kappa shape index (κ2) is 11.4. The number of aryl methyl sites for hydroxylation is 1. The first-order valence-corrected chi connectivity index (χ1v) is 14.2. The predicted octanol–water partition coefficient (Wildman–Crippen LogP) is 2.18. The van der Waals surface area contributed by atoms with Crippen molar-refractivity contribution in [3.8, 4) is 5.88 Å². The van der Waals surface area contributed by atoms with Crippen molar-refractivity contribution in [2.24, 2.45) is 13.0 Å². The van der Waals surface area contributed by atoms with Crippen LogP contribution in [0, 0.1) is 5.92 Å². The Kier molecular flexibility index (Phi) is 7.57. The van der Waals surface area contributed by atoms with Crippen molar-refractivity contribution in [2.45, 2.75) is 44.8 Å². The molecule has 1 aliphatic heterocycles. The maximum atomic E-state index is 12.8. The van der Waals surface area contributed by atoms with Gasteiger partial charge in [-0.15, -0.1) is 0 Å². The second-order valence-corrected chi connectivity index (χ2v) is 11.1. The molecule has 2 fully saturated rings. The number of carbonyl (C=O) groups excluding carboxylic acids is 1. The predicted molar refractivity (Wildman–Crippen MR) is 154 cm³/mol. The van der Waals surface area contributed by atoms with Crippen LogP contribution in [-0.2, 0) is 29.5 Å². The number of carbonyl (C=O) groups is 1. The molecule has 4 aromatic heterocycles. The van der Waals surface area contributed by atoms with Crippen LogP contribution >= 0.6 is 0 Å². The number of rotatable bonds is 7. The van der Waals surface area contributed by atoms with Gasteiger partial charge in [0.25, 0.3) is 0 Å². The number of hydrogen-bond acceptors (Lipinski definition) is 9. The van der Waals surface area contributed by atoms with E-state index in [4.69, 9.17) is 19.4 Å². The van der Waals surface area contributed by atoms with E-state index < -0.39 is 0 Å². The largest absolute Gasteiger partial charge is 0.474 e. The van der Waals surface area contributed by atoms with Crippen molar-refractivity contribution < 1.29 is 14.3 Å². The van der Waals surface area contributed by atoms with E-state index in [1.807, 2.05) is 18.2 Å². The molecule has 0 unspecified atom stereocenters. The summed E-state index contributed by atoms with van der Waals surface area (Å²) in [5.74, 6) is 2.51. The SMILES string of the molecule is CN(C)C(=O)Cn1c(=O)n(C)c2nc(CC3CCC(Oc4nc(N5CCOCC5)cc5ncccc45)CC3)ncc21. The highest BCUT2D eigenvalue weighted by atomic mass is 16.5. The van der Waals surface area contributed by atoms with Gasteiger partial charge in [-0.2, -0.15) is 4.98 Å². The summed E-state index contributed by atoms with van der Waals surface area (Å²) in [6.45, 7) is 2.95. The van der Waals surface area contributed by atoms with Crippen molar-refractivity contribution in [3.63, 3.8) is 0 Å². The smallest absolute Gasteiger partial charge is 0.330 e. The van der Waals surface area contributed by atoms with Crippen molar-refractivity contribution in [2.75, 3.05) is 45.3 Å². The number of anilines is 1. The van der Waals surface area contributed by atoms with Gasteiger partial charge in [-0.05, 0) is 43.7 Å². The van der Waals surface area contributed by atoms with Crippen LogP contribution in [0.3, 0.4) is 0 Å². The van der Waals surface area contributed by atoms with Gasteiger partial charge in [0.05, 0.1) is 30.3 Å². The van der Waals surface area contributed by atoms with Crippen molar-refractivity contribution in [3.05, 3.63) is 46.9 Å². The third-order valence-electron chi connectivity index (χ3n) is 8.15. The zero-order valence-corrected chi connectivity index (χ0v) is 23.8. The number of morpholine rings is 1. The van der Waals surface area contributed by atoms with E-state index in [9.17, 15) is 9.59 Å². The van der Waals surface area contributed by atoms with Crippen LogP contribution in [0.5, 0.6) is 5.88 Å². The monoisotopic (exact) mass is 560 g/mol. The number of ether oxygens (including phenoxy) is 2. The topological polar surface area (TPSA) is 120 Å². The zero-order valence-electron chi connectivity index (χ0n) is 23.8. The summed E-state index contributed by atoms with van der Waals surface area (Å²) in [6, 6.07) is 5.97. The molecule has 0 bridgehead atoms. The molecule has 2 aliphatic rings. The molecule has 1 saturated heterocycles. The fourth-order valence-corrected chi connectivity index (χ4v) is 5.69. The van der Waals surface area contributed by atoms with E-state index in [-0.39, 0.29) is 24.2 Å². The van der Waals surface area contributed by atoms with Gasteiger partial charge in [-0.1, -0.05) is 0 Å². The first kappa shape index (κ1) is 27.1. The highest BCUT2D eigenvalue weighted by Gasteiger charge is 2.26. The zero-order chi connectivity index (χ0) is 28.5. The highest BCUT2D eigenvalue weighted by molar-refractivity contribution is 5.85. The second-order valence-electron chi connectivity index (χ2n) is 11.1. The highest BCUT2D eigenvalue weighted by Crippen LogP contribution is 2.33. The average molecular weight is 561 g/mol. The Labute approximate surface area is 237 Å². The number of pyridine rings is 2. The molecule has 1 saturated carbocycles. The molecule has 6 rings (SSSR count). The number of fused-ring (bicyclic) bond motifs is 2. The number of amides is 1. The lowest BCUT2D eigenvalue weighted by molar-refractivity contribution is -0.129. The first-order valence-electron chi connectivity index (χ1n) is 14.2. The third-order valence-corrected chi connectivity index (χ3v) is 8.15. The summed E-state index contributed by atoms with van der Waals surface area (Å²) in [6.07, 6.45) is 8.09. The van der Waals surface area contributed by atoms with E-state index in [0.717, 1.165) is 61.9 Å². The van der Waals surface area contributed by atoms with Crippen LogP contribution in [0.2, 0.25) is 0 Å². The number of aromatic nitrogens is 6. The van der Waals surface area contributed by atoms with Crippen molar-refractivity contribution >= 4 is 33.8 Å². The summed E-state index contributed by atoms with van der Waals surface area (Å²) in [4.78, 5) is 47.5. The van der Waals surface area contributed by atoms with Crippen molar-refractivity contribution in [1.29, 1.82) is 0 Å². The summed E-state index contributed by atoms with van der Waals surface area (Å²) < 4.78 is 15.0. The van der Waals surface area contributed by atoms with Gasteiger partial charge >= 0.3 is 5.69 Å². The van der Waals surface area contributed by atoms with Gasteiger partial charge < -0.3 is 19.3 Å². The van der Waals surface area contributed by atoms with Gasteiger partial charge in [-0.25, -0.2) is 14.8 Å². The van der Waals surface area contributed by atoms with E-state index >= 15 is 0 Å². The number of hydrogen-bond donors (Lipinski definition) is 0. The lowest BCUT2D eigenvalue weighted by Gasteiger charge is -2.30. The number of nitrogens with zero attached hydrogens (tertiary/aromatic N) is 8. The molecular formula is C29H36N8O4. The fourth-order valence-electron chi connectivity index (χ4n) is 5.69. The molecule has 4 aromatic rings. The van der Waals surface area contributed by atoms with Crippen LogP contribution in [-0.4, -0.2) is 86.4 Å². The van der Waals surface area contributed by atoms with Gasteiger partial charge in [0.15, 0.2) is 5.65 Å². The van der Waals surface area contributed by atoms with E-state index in [2.05, 4.69) is 14.9 Å². The van der Waals surface area contributed by atoms with Crippen LogP contribution in [0.25, 0.3) is 22.1 Å². The summed E-state index contributed by atoms with van der Waals surface area (Å²) >= 11 is 0. The van der Waals surface area contributed by atoms with Crippen LogP contribution in [0.4, 0.5) is 5.82 Å². The molecule has 0 radical (unpaired) electrons. The van der Waals surface area contributed by atoms with E-state index in [1.54, 1.807) is 33.5 Å². The van der Waals surface area contributed by atoms with Crippen molar-refractivity contribution in [1.82, 2.24) is 34.0 Å². The van der Waals surface area contributed by atoms with Crippen LogP contribution < -0.4 is 15.3 Å². The quantitative estimate of drug-likeness (QED) is 0.335. The Morgan fingerprint density at radius 1 is 1.12 bits per heavy atom. The Hall–Kier alpha value is -4.06. The van der Waals surface area contributed by atoms with E-state index in [1.165, 1.54) is 14.0 Å². The molecule has 1 amide bonds. The van der Waals surface area contributed by atoms with Crippen LogP contribution in [0.1, 0.15) is 31.5 Å². The molecule has 0 N–H and O–H groups in total. The molecule has 12 heteroatoms. The summed E-state index contributed by atoms with van der Waals surface area (Å²) in [7, 11) is 5.03. The number of likely N-dealkylation sites (N-methyl/N-ethyl adjacent to an activating group) is 1. The molecule has 0 atom stereocenters. The Morgan fingerprint density at radius 3 is 2.66 bits per heavy atom. The maximum Gasteiger partial charge on any atom is 0.330 e. The minimum Gasteiger partial charge on any atom is -0.474 e. The Morgan fingerprint density at radius 2 is 1.90 bits per heavy atom. The van der Waals surface area contributed by atoms with Gasteiger partial charge in [0.2, 0.25) is 11.8 Å². The minimum atomic E-state index is -0.270. The molecule has 0 spiro atoms. The van der Waals surface area contributed by atoms with Gasteiger partial charge in [-0.3, -0.25) is 18.9 Å². The molecular weight excluding hydrogens is 524 g/mol. The lowest BCUT2D eigenvalue weighted by atomic mass is 9.85. The molecule has 41 heavy (non-hydrogen) atoms. The number of imidazole rings is 1. The fraction of sp³-hybridized carbons (Fsp3) is 0.517. The van der Waals surface area contributed by atoms with Crippen LogP contribution in [0.15, 0.2) is 35.4 Å². The van der Waals surface area contributed by atoms with Gasteiger partial charge in [0.1, 0.15) is 29.8 Å². The maximum absolute atomic E-state index is 12.8. The molecule has 1 aliphatic carbocycles. The minimum absolute atomic E-state index is 0.0363. The molecule has 5 heterocycles. The average Bonchev–Trinajstić information content (AvgIpc) is 3.22. The first-order chi connectivity index (χ1) is 19.9. The lowest BCUT2D eigenvalue weighted by Crippen LogP contribution is -2.36. The third kappa shape index (κ3) is 5.61. The Bertz CT molecular complexity index is 1620. The molecule has 0 aromatic carbocycles. The standard InChI is InChI=1S/C29H36N8O4/c1-34(2)26(38)18-37-23-17-31-24(32-27(23)35(3)29(37)39)15-19-6-8-20(9-7-19)41-28-21-5-4-10-30-22(21)16-25(33-28)36-11-13-40-14-12-36/h4-5,10,16-17,19-20H,6-9,11-15,18H2,1-3H3. The van der Waals surface area contributed by atoms with E-state index in [0.29, 0.717) is 42.0 Å². The molecule has 216 valence electrons.